The molecule has 4 heterocycles. The van der Waals surface area contributed by atoms with E-state index in [4.69, 9.17) is 11.2 Å². The van der Waals surface area contributed by atoms with Gasteiger partial charge in [-0.3, -0.25) is 9.78 Å². The molecule has 1 aliphatic rings. The first-order valence-electron chi connectivity index (χ1n) is 12.5. The standard InChI is InChI=1S/C29H25FN4O4S/c1-4-17-5-6-21-24(11-17)32-29-27(21)28(35)23-14-26(38-3)22(18-12-20(16-31-15-18)39(30,36)37)13-25(23)34(29)19-7-9-33(2)10-8-19/h1,5-6,11-16,19,32H,7-10H2,2-3H3. The predicted octanol–water partition coefficient (Wildman–Crippen LogP) is 4.61. The molecular formula is C29H25FN4O4S. The van der Waals surface area contributed by atoms with E-state index >= 15 is 0 Å². The van der Waals surface area contributed by atoms with Gasteiger partial charge in [0, 0.05) is 46.0 Å². The number of halogens is 1. The Kier molecular flexibility index (Phi) is 5.93. The van der Waals surface area contributed by atoms with Crippen molar-refractivity contribution in [2.45, 2.75) is 23.8 Å². The highest BCUT2D eigenvalue weighted by Crippen LogP contribution is 2.38. The Bertz CT molecular complexity index is 2000. The minimum atomic E-state index is -4.96. The molecule has 0 unspecified atom stereocenters. The third-order valence-electron chi connectivity index (χ3n) is 7.59. The molecule has 1 saturated heterocycles. The van der Waals surface area contributed by atoms with Crippen LogP contribution >= 0.6 is 0 Å². The highest BCUT2D eigenvalue weighted by Gasteiger charge is 2.26. The van der Waals surface area contributed by atoms with Gasteiger partial charge in [-0.2, -0.15) is 8.42 Å². The molecule has 8 nitrogen and oxygen atoms in total. The number of hydrogen-bond acceptors (Lipinski definition) is 6. The smallest absolute Gasteiger partial charge is 0.333 e. The van der Waals surface area contributed by atoms with Crippen LogP contribution in [-0.2, 0) is 10.2 Å². The number of ether oxygens (including phenoxy) is 1. The van der Waals surface area contributed by atoms with Crippen molar-refractivity contribution in [2.75, 3.05) is 27.2 Å². The molecule has 0 aliphatic carbocycles. The molecular weight excluding hydrogens is 519 g/mol. The first kappa shape index (κ1) is 25.1. The Morgan fingerprint density at radius 1 is 1.13 bits per heavy atom. The van der Waals surface area contributed by atoms with Crippen LogP contribution in [0.1, 0.15) is 24.4 Å². The van der Waals surface area contributed by atoms with Gasteiger partial charge in [0.05, 0.1) is 23.4 Å². The molecule has 6 rings (SSSR count). The van der Waals surface area contributed by atoms with Gasteiger partial charge in [-0.25, -0.2) is 0 Å². The molecule has 5 aromatic rings. The summed E-state index contributed by atoms with van der Waals surface area (Å²) < 4.78 is 44.8. The number of aromatic amines is 1. The molecule has 3 aromatic heterocycles. The first-order valence-corrected chi connectivity index (χ1v) is 13.8. The summed E-state index contributed by atoms with van der Waals surface area (Å²) in [6.07, 6.45) is 9.77. The number of likely N-dealkylation sites (tertiary alicyclic amines) is 1. The normalized spacial score (nSPS) is 15.2. The van der Waals surface area contributed by atoms with Crippen LogP contribution in [0.2, 0.25) is 0 Å². The van der Waals surface area contributed by atoms with Gasteiger partial charge in [0.25, 0.3) is 0 Å². The summed E-state index contributed by atoms with van der Waals surface area (Å²) in [4.78, 5) is 23.2. The molecule has 0 spiro atoms. The topological polar surface area (TPSA) is 97.3 Å². The predicted molar refractivity (Wildman–Crippen MR) is 149 cm³/mol. The van der Waals surface area contributed by atoms with Crippen molar-refractivity contribution < 1.29 is 17.0 Å². The maximum atomic E-state index is 14.0. The molecule has 198 valence electrons. The Balaban J connectivity index is 1.73. The van der Waals surface area contributed by atoms with E-state index in [-0.39, 0.29) is 11.5 Å². The number of H-pyrrole nitrogens is 1. The van der Waals surface area contributed by atoms with Gasteiger partial charge in [0.2, 0.25) is 0 Å². The Hall–Kier alpha value is -4.20. The molecule has 0 atom stereocenters. The van der Waals surface area contributed by atoms with E-state index < -0.39 is 15.1 Å². The van der Waals surface area contributed by atoms with Crippen LogP contribution in [0, 0.1) is 12.3 Å². The van der Waals surface area contributed by atoms with Gasteiger partial charge in [-0.1, -0.05) is 12.0 Å². The molecule has 0 saturated carbocycles. The van der Waals surface area contributed by atoms with Crippen molar-refractivity contribution in [2.24, 2.45) is 0 Å². The summed E-state index contributed by atoms with van der Waals surface area (Å²) in [5, 5.41) is 1.82. The zero-order valence-corrected chi connectivity index (χ0v) is 22.2. The molecule has 1 fully saturated rings. The third-order valence-corrected chi connectivity index (χ3v) is 8.38. The quantitative estimate of drug-likeness (QED) is 0.262. The molecule has 2 aromatic carbocycles. The van der Waals surface area contributed by atoms with Crippen LogP contribution in [0.25, 0.3) is 44.0 Å². The highest BCUT2D eigenvalue weighted by atomic mass is 32.3. The number of benzene rings is 2. The van der Waals surface area contributed by atoms with E-state index in [2.05, 4.69) is 32.4 Å². The molecule has 1 N–H and O–H groups in total. The Morgan fingerprint density at radius 2 is 1.90 bits per heavy atom. The van der Waals surface area contributed by atoms with E-state index in [1.807, 2.05) is 18.2 Å². The van der Waals surface area contributed by atoms with Gasteiger partial charge >= 0.3 is 10.2 Å². The molecule has 0 bridgehead atoms. The number of aromatic nitrogens is 3. The van der Waals surface area contributed by atoms with Gasteiger partial charge in [-0.15, -0.1) is 10.3 Å². The summed E-state index contributed by atoms with van der Waals surface area (Å²) in [6, 6.07) is 10.3. The van der Waals surface area contributed by atoms with E-state index in [0.717, 1.165) is 43.0 Å². The number of piperidine rings is 1. The molecule has 39 heavy (non-hydrogen) atoms. The van der Waals surface area contributed by atoms with Crippen LogP contribution in [-0.4, -0.2) is 55.1 Å². The lowest BCUT2D eigenvalue weighted by Crippen LogP contribution is -2.32. The fourth-order valence-electron chi connectivity index (χ4n) is 5.61. The number of fused-ring (bicyclic) bond motifs is 4. The average molecular weight is 545 g/mol. The van der Waals surface area contributed by atoms with Gasteiger partial charge in [0.1, 0.15) is 16.3 Å². The number of terminal acetylenes is 1. The largest absolute Gasteiger partial charge is 0.496 e. The molecule has 1 aliphatic heterocycles. The lowest BCUT2D eigenvalue weighted by atomic mass is 9.99. The van der Waals surface area contributed by atoms with Crippen molar-refractivity contribution in [1.82, 2.24) is 19.4 Å². The third kappa shape index (κ3) is 4.15. The number of nitrogens with one attached hydrogen (secondary N) is 1. The second-order valence-electron chi connectivity index (χ2n) is 9.90. The molecule has 0 amide bonds. The monoisotopic (exact) mass is 544 g/mol. The second kappa shape index (κ2) is 9.22. The Morgan fingerprint density at radius 3 is 2.59 bits per heavy atom. The number of hydrogen-bond donors (Lipinski definition) is 1. The number of pyridine rings is 2. The summed E-state index contributed by atoms with van der Waals surface area (Å²) >= 11 is 0. The Labute approximate surface area is 224 Å². The number of rotatable bonds is 4. The average Bonchev–Trinajstić information content (AvgIpc) is 3.31. The second-order valence-corrected chi connectivity index (χ2v) is 11.3. The zero-order valence-electron chi connectivity index (χ0n) is 21.4. The summed E-state index contributed by atoms with van der Waals surface area (Å²) in [5.41, 5.74) is 3.52. The lowest BCUT2D eigenvalue weighted by molar-refractivity contribution is 0.226. The molecule has 10 heteroatoms. The minimum absolute atomic E-state index is 0.0869. The van der Waals surface area contributed by atoms with E-state index in [0.29, 0.717) is 44.4 Å². The van der Waals surface area contributed by atoms with Crippen molar-refractivity contribution in [3.63, 3.8) is 0 Å². The van der Waals surface area contributed by atoms with E-state index in [1.165, 1.54) is 19.4 Å². The lowest BCUT2D eigenvalue weighted by Gasteiger charge is -2.32. The maximum absolute atomic E-state index is 14.0. The van der Waals surface area contributed by atoms with Gasteiger partial charge in [0.15, 0.2) is 5.43 Å². The van der Waals surface area contributed by atoms with Crippen LogP contribution in [0.4, 0.5) is 3.89 Å². The summed E-state index contributed by atoms with van der Waals surface area (Å²) in [7, 11) is -1.41. The van der Waals surface area contributed by atoms with Crippen molar-refractivity contribution in [3.8, 4) is 29.2 Å². The summed E-state index contributed by atoms with van der Waals surface area (Å²) in [6.45, 7) is 1.79. The summed E-state index contributed by atoms with van der Waals surface area (Å²) in [5.74, 6) is 2.99. The number of nitrogens with zero attached hydrogens (tertiary/aromatic N) is 3. The SMILES string of the molecule is C#Cc1ccc2c(c1)[nH]c1c2c(=O)c2cc(OC)c(-c3cncc(S(=O)(=O)F)c3)cc2n1C1CCN(C)CC1. The van der Waals surface area contributed by atoms with Crippen LogP contribution in [0.15, 0.2) is 58.5 Å². The van der Waals surface area contributed by atoms with E-state index in [1.54, 1.807) is 12.1 Å². The van der Waals surface area contributed by atoms with Crippen LogP contribution in [0.5, 0.6) is 5.75 Å². The number of methoxy groups -OCH3 is 1. The zero-order chi connectivity index (χ0) is 27.5. The van der Waals surface area contributed by atoms with Gasteiger partial charge in [-0.05, 0) is 63.3 Å². The minimum Gasteiger partial charge on any atom is -0.496 e. The fourth-order valence-corrected chi connectivity index (χ4v) is 6.07. The van der Waals surface area contributed by atoms with Crippen molar-refractivity contribution in [1.29, 1.82) is 0 Å². The first-order chi connectivity index (χ1) is 18.7. The fraction of sp³-hybridized carbons (Fsp3) is 0.241. The highest BCUT2D eigenvalue weighted by molar-refractivity contribution is 7.86. The maximum Gasteiger partial charge on any atom is 0.333 e. The van der Waals surface area contributed by atoms with Crippen LogP contribution < -0.4 is 10.2 Å². The molecule has 0 radical (unpaired) electrons. The van der Waals surface area contributed by atoms with Gasteiger partial charge < -0.3 is 19.2 Å². The van der Waals surface area contributed by atoms with E-state index in [9.17, 15) is 17.1 Å². The van der Waals surface area contributed by atoms with Crippen LogP contribution in [0.3, 0.4) is 0 Å². The van der Waals surface area contributed by atoms with Crippen molar-refractivity contribution in [3.05, 3.63) is 64.6 Å². The van der Waals surface area contributed by atoms with Crippen molar-refractivity contribution >= 4 is 43.1 Å².